The van der Waals surface area contributed by atoms with Crippen molar-refractivity contribution in [2.75, 3.05) is 6.54 Å². The number of alkyl halides is 3. The number of nitrogens with two attached hydrogens (primary N) is 2. The third-order valence-electron chi connectivity index (χ3n) is 4.17. The summed E-state index contributed by atoms with van der Waals surface area (Å²) >= 11 is 0. The highest BCUT2D eigenvalue weighted by molar-refractivity contribution is 5.36. The fourth-order valence-corrected chi connectivity index (χ4v) is 2.40. The van der Waals surface area contributed by atoms with Crippen molar-refractivity contribution in [2.24, 2.45) is 11.5 Å². The molecule has 168 valence electrons. The SMILES string of the molecule is C=C(/C=C/C(=C/C=C(\CCC)C(F)(F)F)CN)NC(C)C(/C=C(\N)F)=C/C(C)=C\C. The highest BCUT2D eigenvalue weighted by atomic mass is 19.4. The zero-order valence-electron chi connectivity index (χ0n) is 18.1. The van der Waals surface area contributed by atoms with Crippen LogP contribution >= 0.6 is 0 Å². The first kappa shape index (κ1) is 27.5. The van der Waals surface area contributed by atoms with Crippen molar-refractivity contribution in [1.29, 1.82) is 0 Å². The molecule has 0 radical (unpaired) electrons. The number of allylic oxidation sites excluding steroid dienone is 7. The second kappa shape index (κ2) is 13.6. The first-order valence-corrected chi connectivity index (χ1v) is 9.72. The molecule has 30 heavy (non-hydrogen) atoms. The van der Waals surface area contributed by atoms with Crippen LogP contribution in [0.15, 0.2) is 83.1 Å². The van der Waals surface area contributed by atoms with Gasteiger partial charge in [0, 0.05) is 23.9 Å². The van der Waals surface area contributed by atoms with E-state index >= 15 is 0 Å². The molecule has 0 fully saturated rings. The molecule has 0 aromatic carbocycles. The molecule has 0 aliphatic rings. The van der Waals surface area contributed by atoms with E-state index in [4.69, 9.17) is 11.5 Å². The predicted molar refractivity (Wildman–Crippen MR) is 118 cm³/mol. The van der Waals surface area contributed by atoms with Crippen LogP contribution in [0.5, 0.6) is 0 Å². The van der Waals surface area contributed by atoms with E-state index < -0.39 is 17.7 Å². The van der Waals surface area contributed by atoms with Crippen molar-refractivity contribution < 1.29 is 17.6 Å². The van der Waals surface area contributed by atoms with Gasteiger partial charge in [0.1, 0.15) is 0 Å². The van der Waals surface area contributed by atoms with Crippen molar-refractivity contribution in [2.45, 2.75) is 52.8 Å². The summed E-state index contributed by atoms with van der Waals surface area (Å²) in [6.07, 6.45) is 6.50. The summed E-state index contributed by atoms with van der Waals surface area (Å²) in [7, 11) is 0. The summed E-state index contributed by atoms with van der Waals surface area (Å²) in [4.78, 5) is 0. The van der Waals surface area contributed by atoms with E-state index in [-0.39, 0.29) is 19.0 Å². The van der Waals surface area contributed by atoms with E-state index in [1.165, 1.54) is 12.2 Å². The lowest BCUT2D eigenvalue weighted by Gasteiger charge is -2.17. The number of halogens is 4. The van der Waals surface area contributed by atoms with Gasteiger partial charge in [-0.2, -0.15) is 17.6 Å². The lowest BCUT2D eigenvalue weighted by Crippen LogP contribution is -2.26. The first-order chi connectivity index (χ1) is 13.9. The molecule has 0 aromatic rings. The maximum absolute atomic E-state index is 13.2. The van der Waals surface area contributed by atoms with Gasteiger partial charge in [0.05, 0.1) is 0 Å². The van der Waals surface area contributed by atoms with Gasteiger partial charge in [-0.15, -0.1) is 0 Å². The smallest absolute Gasteiger partial charge is 0.379 e. The quantitative estimate of drug-likeness (QED) is 0.219. The maximum Gasteiger partial charge on any atom is 0.412 e. The van der Waals surface area contributed by atoms with Gasteiger partial charge in [-0.05, 0) is 50.5 Å². The molecule has 0 aliphatic heterocycles. The average Bonchev–Trinajstić information content (AvgIpc) is 2.65. The minimum absolute atomic E-state index is 0.0563. The Labute approximate surface area is 177 Å². The molecule has 0 aliphatic carbocycles. The van der Waals surface area contributed by atoms with Gasteiger partial charge in [0.2, 0.25) is 0 Å². The Bertz CT molecular complexity index is 747. The second-order valence-corrected chi connectivity index (χ2v) is 6.82. The first-order valence-electron chi connectivity index (χ1n) is 9.72. The summed E-state index contributed by atoms with van der Waals surface area (Å²) in [5.74, 6) is -0.812. The number of hydrogen-bond acceptors (Lipinski definition) is 3. The zero-order chi connectivity index (χ0) is 23.3. The van der Waals surface area contributed by atoms with Gasteiger partial charge in [-0.25, -0.2) is 0 Å². The van der Waals surface area contributed by atoms with E-state index in [0.29, 0.717) is 23.3 Å². The molecule has 0 saturated heterocycles. The molecule has 0 bridgehead atoms. The van der Waals surface area contributed by atoms with Crippen molar-refractivity contribution >= 4 is 0 Å². The Morgan fingerprint density at radius 1 is 1.17 bits per heavy atom. The largest absolute Gasteiger partial charge is 0.412 e. The average molecular weight is 428 g/mol. The lowest BCUT2D eigenvalue weighted by atomic mass is 10.0. The van der Waals surface area contributed by atoms with E-state index in [1.54, 1.807) is 25.2 Å². The van der Waals surface area contributed by atoms with Gasteiger partial charge >= 0.3 is 6.18 Å². The summed E-state index contributed by atoms with van der Waals surface area (Å²) in [6, 6.07) is -0.307. The number of nitrogens with one attached hydrogen (secondary N) is 1. The van der Waals surface area contributed by atoms with Crippen LogP contribution in [0.2, 0.25) is 0 Å². The second-order valence-electron chi connectivity index (χ2n) is 6.82. The fraction of sp³-hybridized carbons (Fsp3) is 0.391. The van der Waals surface area contributed by atoms with Crippen LogP contribution in [0.4, 0.5) is 17.6 Å². The van der Waals surface area contributed by atoms with Crippen molar-refractivity contribution in [3.8, 4) is 0 Å². The normalized spacial score (nSPS) is 16.2. The molecule has 7 heteroatoms. The Morgan fingerprint density at radius 3 is 2.27 bits per heavy atom. The van der Waals surface area contributed by atoms with Gasteiger partial charge in [0.25, 0.3) is 0 Å². The van der Waals surface area contributed by atoms with Crippen LogP contribution in [-0.2, 0) is 0 Å². The summed E-state index contributed by atoms with van der Waals surface area (Å²) in [5, 5.41) is 3.10. The van der Waals surface area contributed by atoms with Crippen molar-refractivity contribution in [3.63, 3.8) is 0 Å². The molecule has 0 rings (SSSR count). The van der Waals surface area contributed by atoms with Gasteiger partial charge in [-0.3, -0.25) is 0 Å². The van der Waals surface area contributed by atoms with Crippen LogP contribution < -0.4 is 16.8 Å². The Balaban J connectivity index is 5.41. The van der Waals surface area contributed by atoms with E-state index in [0.717, 1.165) is 11.6 Å². The third-order valence-corrected chi connectivity index (χ3v) is 4.17. The Kier molecular flexibility index (Phi) is 12.5. The van der Waals surface area contributed by atoms with Crippen LogP contribution in [0.25, 0.3) is 0 Å². The van der Waals surface area contributed by atoms with E-state index in [2.05, 4.69) is 11.9 Å². The molecule has 0 spiro atoms. The van der Waals surface area contributed by atoms with Crippen LogP contribution in [-0.4, -0.2) is 18.8 Å². The van der Waals surface area contributed by atoms with Crippen molar-refractivity contribution in [1.82, 2.24) is 5.32 Å². The molecule has 5 N–H and O–H groups in total. The molecule has 0 heterocycles. The number of hydrogen-bond donors (Lipinski definition) is 3. The summed E-state index contributed by atoms with van der Waals surface area (Å²) < 4.78 is 52.1. The third kappa shape index (κ3) is 11.5. The Hall–Kier alpha value is -2.54. The molecular formula is C23H33F4N3. The predicted octanol–water partition coefficient (Wildman–Crippen LogP) is 5.87. The molecule has 0 aromatic heterocycles. The molecule has 3 nitrogen and oxygen atoms in total. The molecule has 1 atom stereocenters. The van der Waals surface area contributed by atoms with Gasteiger partial charge in [-0.1, -0.05) is 55.9 Å². The van der Waals surface area contributed by atoms with Gasteiger partial charge in [0.15, 0.2) is 5.95 Å². The molecule has 0 amide bonds. The van der Waals surface area contributed by atoms with Gasteiger partial charge < -0.3 is 16.8 Å². The topological polar surface area (TPSA) is 64.1 Å². The van der Waals surface area contributed by atoms with E-state index in [9.17, 15) is 17.6 Å². The molecular weight excluding hydrogens is 394 g/mol. The summed E-state index contributed by atoms with van der Waals surface area (Å²) in [5.41, 5.74) is 12.8. The lowest BCUT2D eigenvalue weighted by molar-refractivity contribution is -0.0940. The van der Waals surface area contributed by atoms with Crippen LogP contribution in [0, 0.1) is 0 Å². The fourth-order valence-electron chi connectivity index (χ4n) is 2.40. The van der Waals surface area contributed by atoms with Crippen LogP contribution in [0.3, 0.4) is 0 Å². The maximum atomic E-state index is 13.2. The van der Waals surface area contributed by atoms with E-state index in [1.807, 2.05) is 26.8 Å². The minimum Gasteiger partial charge on any atom is -0.379 e. The highest BCUT2D eigenvalue weighted by Gasteiger charge is 2.31. The number of rotatable bonds is 11. The van der Waals surface area contributed by atoms with Crippen molar-refractivity contribution in [3.05, 3.63) is 83.1 Å². The van der Waals surface area contributed by atoms with Crippen LogP contribution in [0.1, 0.15) is 40.5 Å². The molecule has 0 saturated carbocycles. The minimum atomic E-state index is -4.36. The highest BCUT2D eigenvalue weighted by Crippen LogP contribution is 2.29. The summed E-state index contributed by atoms with van der Waals surface area (Å²) in [6.45, 7) is 11.2. The monoisotopic (exact) mass is 427 g/mol. The zero-order valence-corrected chi connectivity index (χ0v) is 18.1. The Morgan fingerprint density at radius 2 is 1.80 bits per heavy atom. The molecule has 1 unspecified atom stereocenters. The standard InChI is InChI=1S/C23H33F4N3/c1-6-8-21(23(25,26)27)12-11-19(15-28)10-9-17(4)30-18(5)20(14-22(24)29)13-16(3)7-2/h7,9-14,18,30H,4,6,8,15,28-29H2,1-3,5H3/b10-9+,16-7-,19-11-,20-13+,21-12+,22-14-.